The van der Waals surface area contributed by atoms with Gasteiger partial charge in [0.25, 0.3) is 0 Å². The molecular weight excluding hydrogens is 418 g/mol. The van der Waals surface area contributed by atoms with Gasteiger partial charge in [0.05, 0.1) is 20.3 Å². The number of thiophene rings is 1. The van der Waals surface area contributed by atoms with E-state index in [1.807, 2.05) is 29.6 Å². The van der Waals surface area contributed by atoms with E-state index in [4.69, 9.17) is 18.9 Å². The van der Waals surface area contributed by atoms with E-state index in [0.717, 1.165) is 16.0 Å². The third-order valence-electron chi connectivity index (χ3n) is 4.78. The number of hydrogen-bond acceptors (Lipinski definition) is 7. The molecule has 1 amide bonds. The minimum Gasteiger partial charge on any atom is -0.493 e. The van der Waals surface area contributed by atoms with Gasteiger partial charge < -0.3 is 18.9 Å². The first kappa shape index (κ1) is 22.9. The average Bonchev–Trinajstić information content (AvgIpc) is 3.23. The summed E-state index contributed by atoms with van der Waals surface area (Å²) in [5.41, 5.74) is 1.05. The largest absolute Gasteiger partial charge is 0.493 e. The average molecular weight is 448 g/mol. The van der Waals surface area contributed by atoms with Crippen molar-refractivity contribution in [3.8, 4) is 11.5 Å². The van der Waals surface area contributed by atoms with Crippen molar-refractivity contribution in [2.24, 2.45) is 0 Å². The molecule has 0 aliphatic carbocycles. The SMILES string of the molecule is CCOC(=O)[C@@H]1Cc2c(ccc(OC)c2OCc2cccs2)CN1C(=O)OC(C)(C)C. The van der Waals surface area contributed by atoms with Crippen molar-refractivity contribution in [3.05, 3.63) is 45.6 Å². The lowest BCUT2D eigenvalue weighted by atomic mass is 9.92. The van der Waals surface area contributed by atoms with Crippen molar-refractivity contribution < 1.29 is 28.5 Å². The monoisotopic (exact) mass is 447 g/mol. The van der Waals surface area contributed by atoms with E-state index < -0.39 is 23.7 Å². The molecule has 0 spiro atoms. The Kier molecular flexibility index (Phi) is 7.10. The van der Waals surface area contributed by atoms with E-state index in [1.165, 1.54) is 4.90 Å². The van der Waals surface area contributed by atoms with Gasteiger partial charge in [-0.05, 0) is 50.8 Å². The molecule has 168 valence electrons. The standard InChI is InChI=1S/C23H29NO6S/c1-6-28-21(25)18-12-17-15(13-24(18)22(26)30-23(2,3)4)9-10-19(27-5)20(17)29-14-16-8-7-11-31-16/h7-11,18H,6,12-14H2,1-5H3/t18-/m0/s1. The highest BCUT2D eigenvalue weighted by molar-refractivity contribution is 7.09. The van der Waals surface area contributed by atoms with Crippen LogP contribution >= 0.6 is 11.3 Å². The van der Waals surface area contributed by atoms with Gasteiger partial charge in [-0.25, -0.2) is 9.59 Å². The van der Waals surface area contributed by atoms with Crippen molar-refractivity contribution in [2.45, 2.75) is 58.9 Å². The molecule has 1 aromatic carbocycles. The molecule has 0 radical (unpaired) electrons. The van der Waals surface area contributed by atoms with Crippen molar-refractivity contribution in [1.82, 2.24) is 4.90 Å². The first-order valence-corrected chi connectivity index (χ1v) is 11.1. The van der Waals surface area contributed by atoms with Crippen LogP contribution in [-0.2, 0) is 33.8 Å². The van der Waals surface area contributed by atoms with Gasteiger partial charge in [-0.3, -0.25) is 4.90 Å². The van der Waals surface area contributed by atoms with Crippen LogP contribution in [0.25, 0.3) is 0 Å². The smallest absolute Gasteiger partial charge is 0.411 e. The van der Waals surface area contributed by atoms with Gasteiger partial charge in [0.15, 0.2) is 11.5 Å². The molecule has 8 heteroatoms. The zero-order valence-corrected chi connectivity index (χ0v) is 19.4. The Morgan fingerprint density at radius 3 is 2.61 bits per heavy atom. The van der Waals surface area contributed by atoms with Crippen molar-refractivity contribution >= 4 is 23.4 Å². The molecule has 1 aliphatic heterocycles. The van der Waals surface area contributed by atoms with Crippen LogP contribution in [0.2, 0.25) is 0 Å². The van der Waals surface area contributed by atoms with Gasteiger partial charge in [-0.2, -0.15) is 0 Å². The fourth-order valence-electron chi connectivity index (χ4n) is 3.43. The molecular formula is C23H29NO6S. The van der Waals surface area contributed by atoms with E-state index in [-0.39, 0.29) is 19.6 Å². The van der Waals surface area contributed by atoms with Crippen LogP contribution < -0.4 is 9.47 Å². The van der Waals surface area contributed by atoms with Gasteiger partial charge in [0.2, 0.25) is 0 Å². The van der Waals surface area contributed by atoms with Crippen molar-refractivity contribution in [2.75, 3.05) is 13.7 Å². The predicted octanol–water partition coefficient (Wildman–Crippen LogP) is 4.56. The molecule has 7 nitrogen and oxygen atoms in total. The number of carbonyl (C=O) groups is 2. The van der Waals surface area contributed by atoms with E-state index in [1.54, 1.807) is 46.1 Å². The van der Waals surface area contributed by atoms with E-state index in [9.17, 15) is 9.59 Å². The summed E-state index contributed by atoms with van der Waals surface area (Å²) in [5, 5.41) is 1.99. The van der Waals surface area contributed by atoms with E-state index in [0.29, 0.717) is 18.1 Å². The molecule has 0 saturated carbocycles. The maximum atomic E-state index is 12.9. The number of ether oxygens (including phenoxy) is 4. The van der Waals surface area contributed by atoms with Gasteiger partial charge in [-0.15, -0.1) is 11.3 Å². The summed E-state index contributed by atoms with van der Waals surface area (Å²) < 4.78 is 22.5. The Morgan fingerprint density at radius 1 is 1.23 bits per heavy atom. The van der Waals surface area contributed by atoms with Crippen molar-refractivity contribution in [1.29, 1.82) is 0 Å². The lowest BCUT2D eigenvalue weighted by molar-refractivity contribution is -0.150. The molecule has 2 aromatic rings. The Morgan fingerprint density at radius 2 is 2.00 bits per heavy atom. The number of amides is 1. The van der Waals surface area contributed by atoms with Crippen LogP contribution in [0.5, 0.6) is 11.5 Å². The van der Waals surface area contributed by atoms with Crippen LogP contribution in [0, 0.1) is 0 Å². The molecule has 1 aliphatic rings. The summed E-state index contributed by atoms with van der Waals surface area (Å²) in [7, 11) is 1.58. The number of rotatable bonds is 6. The zero-order valence-electron chi connectivity index (χ0n) is 18.6. The fourth-order valence-corrected chi connectivity index (χ4v) is 4.05. The van der Waals surface area contributed by atoms with Crippen LogP contribution in [0.15, 0.2) is 29.6 Å². The van der Waals surface area contributed by atoms with Crippen LogP contribution in [-0.4, -0.2) is 42.3 Å². The number of benzene rings is 1. The minimum atomic E-state index is -0.807. The molecule has 31 heavy (non-hydrogen) atoms. The topological polar surface area (TPSA) is 74.3 Å². The van der Waals surface area contributed by atoms with Crippen molar-refractivity contribution in [3.63, 3.8) is 0 Å². The molecule has 0 bridgehead atoms. The molecule has 1 aromatic heterocycles. The lowest BCUT2D eigenvalue weighted by Crippen LogP contribution is -2.50. The second-order valence-electron chi connectivity index (χ2n) is 8.18. The normalized spacial score (nSPS) is 15.8. The summed E-state index contributed by atoms with van der Waals surface area (Å²) >= 11 is 1.61. The Bertz CT molecular complexity index is 919. The Labute approximate surface area is 186 Å². The first-order valence-electron chi connectivity index (χ1n) is 10.2. The van der Waals surface area contributed by atoms with E-state index >= 15 is 0 Å². The third-order valence-corrected chi connectivity index (χ3v) is 5.63. The summed E-state index contributed by atoms with van der Waals surface area (Å²) in [6.45, 7) is 7.96. The van der Waals surface area contributed by atoms with Gasteiger partial charge in [0, 0.05) is 16.9 Å². The second kappa shape index (κ2) is 9.60. The maximum absolute atomic E-state index is 12.9. The molecule has 0 saturated heterocycles. The quantitative estimate of drug-likeness (QED) is 0.605. The highest BCUT2D eigenvalue weighted by Gasteiger charge is 2.39. The van der Waals surface area contributed by atoms with Crippen LogP contribution in [0.4, 0.5) is 4.79 Å². The minimum absolute atomic E-state index is 0.215. The fraction of sp³-hybridized carbons (Fsp3) is 0.478. The first-order chi connectivity index (χ1) is 14.7. The second-order valence-corrected chi connectivity index (χ2v) is 9.22. The lowest BCUT2D eigenvalue weighted by Gasteiger charge is -2.37. The number of methoxy groups -OCH3 is 1. The zero-order chi connectivity index (χ0) is 22.6. The highest BCUT2D eigenvalue weighted by Crippen LogP contribution is 2.39. The molecule has 2 heterocycles. The molecule has 3 rings (SSSR count). The number of fused-ring (bicyclic) bond motifs is 1. The number of carbonyl (C=O) groups excluding carboxylic acids is 2. The Balaban J connectivity index is 1.95. The van der Waals surface area contributed by atoms with Gasteiger partial charge in [-0.1, -0.05) is 12.1 Å². The summed E-state index contributed by atoms with van der Waals surface area (Å²) in [6, 6.07) is 6.87. The van der Waals surface area contributed by atoms with Gasteiger partial charge in [0.1, 0.15) is 18.2 Å². The summed E-state index contributed by atoms with van der Waals surface area (Å²) in [4.78, 5) is 28.1. The van der Waals surface area contributed by atoms with Gasteiger partial charge >= 0.3 is 12.1 Å². The Hall–Kier alpha value is -2.74. The molecule has 0 N–H and O–H groups in total. The number of esters is 1. The predicted molar refractivity (Wildman–Crippen MR) is 118 cm³/mol. The molecule has 0 unspecified atom stereocenters. The summed E-state index contributed by atoms with van der Waals surface area (Å²) in [6.07, 6.45) is -0.294. The highest BCUT2D eigenvalue weighted by atomic mass is 32.1. The van der Waals surface area contributed by atoms with E-state index in [2.05, 4.69) is 0 Å². The number of nitrogens with zero attached hydrogens (tertiary/aromatic N) is 1. The third kappa shape index (κ3) is 5.50. The maximum Gasteiger partial charge on any atom is 0.411 e. The molecule has 0 fully saturated rings. The number of hydrogen-bond donors (Lipinski definition) is 0. The molecule has 1 atom stereocenters. The summed E-state index contributed by atoms with van der Waals surface area (Å²) in [5.74, 6) is 0.709. The van der Waals surface area contributed by atoms with Crippen LogP contribution in [0.1, 0.15) is 43.7 Å². The van der Waals surface area contributed by atoms with Crippen LogP contribution in [0.3, 0.4) is 0 Å².